The number of rotatable bonds is 7. The lowest BCUT2D eigenvalue weighted by Crippen LogP contribution is -2.54. The number of nitro groups is 1. The van der Waals surface area contributed by atoms with E-state index in [1.807, 2.05) is 18.2 Å². The minimum absolute atomic E-state index is 0.102. The molecule has 2 fully saturated rings. The normalized spacial score (nSPS) is 20.2. The Kier molecular flexibility index (Phi) is 6.79. The van der Waals surface area contributed by atoms with E-state index < -0.39 is 22.1 Å². The number of methoxy groups -OCH3 is 1. The van der Waals surface area contributed by atoms with Crippen LogP contribution in [0.2, 0.25) is 0 Å². The van der Waals surface area contributed by atoms with Gasteiger partial charge in [0, 0.05) is 24.2 Å². The van der Waals surface area contributed by atoms with E-state index in [9.17, 15) is 24.1 Å². The van der Waals surface area contributed by atoms with Gasteiger partial charge in [0.2, 0.25) is 11.6 Å². The highest BCUT2D eigenvalue weighted by atomic mass is 19.1. The molecule has 2 amide bonds. The first kappa shape index (κ1) is 25.3. The van der Waals surface area contributed by atoms with E-state index in [0.717, 1.165) is 24.0 Å². The van der Waals surface area contributed by atoms with E-state index in [0.29, 0.717) is 31.4 Å². The number of aromatic nitrogens is 1. The average molecular weight is 519 g/mol. The van der Waals surface area contributed by atoms with E-state index in [2.05, 4.69) is 10.3 Å². The van der Waals surface area contributed by atoms with Crippen molar-refractivity contribution in [2.75, 3.05) is 13.7 Å². The fraction of sp³-hybridized carbons (Fsp3) is 0.321. The second-order valence-corrected chi connectivity index (χ2v) is 9.75. The number of nitrogens with one attached hydrogen (secondary N) is 1. The molecular weight excluding hydrogens is 491 g/mol. The van der Waals surface area contributed by atoms with Gasteiger partial charge in [-0.05, 0) is 67.5 Å². The van der Waals surface area contributed by atoms with Crippen molar-refractivity contribution in [1.82, 2.24) is 15.2 Å². The van der Waals surface area contributed by atoms with Gasteiger partial charge in [0.15, 0.2) is 0 Å². The van der Waals surface area contributed by atoms with E-state index in [1.165, 1.54) is 31.4 Å². The van der Waals surface area contributed by atoms with E-state index in [1.54, 1.807) is 23.1 Å². The zero-order valence-corrected chi connectivity index (χ0v) is 20.9. The molecule has 0 unspecified atom stereocenters. The van der Waals surface area contributed by atoms with Crippen LogP contribution in [0.15, 0.2) is 60.7 Å². The highest BCUT2D eigenvalue weighted by molar-refractivity contribution is 5.98. The Morgan fingerprint density at radius 1 is 1.16 bits per heavy atom. The average Bonchev–Trinajstić information content (AvgIpc) is 3.48. The topological polar surface area (TPSA) is 115 Å². The fourth-order valence-electron chi connectivity index (χ4n) is 5.69. The van der Waals surface area contributed by atoms with Crippen molar-refractivity contribution in [2.45, 2.75) is 43.7 Å². The first-order chi connectivity index (χ1) is 18.3. The molecule has 5 rings (SSSR count). The molecule has 38 heavy (non-hydrogen) atoms. The number of nitrogens with zero attached hydrogens (tertiary/aromatic N) is 3. The summed E-state index contributed by atoms with van der Waals surface area (Å²) in [5.41, 5.74) is 1.02. The first-order valence-corrected chi connectivity index (χ1v) is 12.5. The molecule has 1 aromatic heterocycles. The summed E-state index contributed by atoms with van der Waals surface area (Å²) in [6.07, 6.45) is 3.30. The monoisotopic (exact) mass is 518 g/mol. The second kappa shape index (κ2) is 10.2. The largest absolute Gasteiger partial charge is 0.481 e. The summed E-state index contributed by atoms with van der Waals surface area (Å²) in [4.78, 5) is 43.6. The molecule has 0 radical (unpaired) electrons. The van der Waals surface area contributed by atoms with Crippen LogP contribution in [0.4, 0.5) is 10.1 Å². The van der Waals surface area contributed by atoms with Gasteiger partial charge in [0.1, 0.15) is 5.82 Å². The molecule has 196 valence electrons. The Morgan fingerprint density at radius 3 is 2.68 bits per heavy atom. The van der Waals surface area contributed by atoms with Gasteiger partial charge in [0.05, 0.1) is 23.6 Å². The number of hydrogen-bond acceptors (Lipinski definition) is 6. The van der Waals surface area contributed by atoms with Crippen LogP contribution in [-0.4, -0.2) is 51.9 Å². The van der Waals surface area contributed by atoms with Gasteiger partial charge in [-0.25, -0.2) is 9.37 Å². The van der Waals surface area contributed by atoms with Gasteiger partial charge in [-0.1, -0.05) is 24.3 Å². The maximum atomic E-state index is 13.6. The summed E-state index contributed by atoms with van der Waals surface area (Å²) < 4.78 is 18.3. The first-order valence-electron chi connectivity index (χ1n) is 12.5. The summed E-state index contributed by atoms with van der Waals surface area (Å²) in [6.45, 7) is 0.458. The van der Waals surface area contributed by atoms with Crippen LogP contribution >= 0.6 is 0 Å². The number of likely N-dealkylation sites (tertiary alicyclic amines) is 1. The summed E-state index contributed by atoms with van der Waals surface area (Å²) >= 11 is 0. The minimum atomic E-state index is -0.683. The molecule has 1 saturated heterocycles. The van der Waals surface area contributed by atoms with Crippen LogP contribution in [0.5, 0.6) is 5.88 Å². The van der Waals surface area contributed by atoms with Crippen LogP contribution in [0, 0.1) is 15.9 Å². The molecule has 2 heterocycles. The Labute approximate surface area is 218 Å². The van der Waals surface area contributed by atoms with Crippen molar-refractivity contribution >= 4 is 17.5 Å². The summed E-state index contributed by atoms with van der Waals surface area (Å²) in [5, 5.41) is 14.5. The maximum Gasteiger partial charge on any atom is 0.300 e. The Bertz CT molecular complexity index is 1400. The third-order valence-corrected chi connectivity index (χ3v) is 7.50. The number of ether oxygens (including phenoxy) is 1. The molecule has 2 aliphatic rings. The van der Waals surface area contributed by atoms with Crippen LogP contribution in [0.1, 0.15) is 57.7 Å². The standard InChI is InChI=1S/C28H27FN4O5/c1-38-24-12-11-22(33(36)37)25(30-24)26(34)31-28-13-3-6-23(28)32(15-14-28)27(35)20-5-2-4-19(17-20)16-18-7-9-21(29)10-8-18/h2,4-5,7-12,17,23H,3,6,13-16H2,1H3,(H,31,34)/t23-,28+/m0/s1. The van der Waals surface area contributed by atoms with Gasteiger partial charge < -0.3 is 15.0 Å². The van der Waals surface area contributed by atoms with Crippen LogP contribution in [0.3, 0.4) is 0 Å². The number of halogens is 1. The Hall–Kier alpha value is -4.34. The lowest BCUT2D eigenvalue weighted by Gasteiger charge is -2.33. The molecule has 0 bridgehead atoms. The molecule has 1 saturated carbocycles. The zero-order chi connectivity index (χ0) is 26.9. The molecule has 9 nitrogen and oxygen atoms in total. The van der Waals surface area contributed by atoms with Gasteiger partial charge >= 0.3 is 5.69 Å². The quantitative estimate of drug-likeness (QED) is 0.369. The van der Waals surface area contributed by atoms with Crippen LogP contribution in [-0.2, 0) is 6.42 Å². The smallest absolute Gasteiger partial charge is 0.300 e. The number of hydrogen-bond donors (Lipinski definition) is 1. The van der Waals surface area contributed by atoms with Crippen LogP contribution < -0.4 is 10.1 Å². The molecule has 1 aliphatic carbocycles. The third kappa shape index (κ3) is 4.81. The molecule has 10 heteroatoms. The zero-order valence-electron chi connectivity index (χ0n) is 20.9. The van der Waals surface area contributed by atoms with Gasteiger partial charge in [-0.3, -0.25) is 19.7 Å². The Morgan fingerprint density at radius 2 is 1.95 bits per heavy atom. The lowest BCUT2D eigenvalue weighted by molar-refractivity contribution is -0.385. The SMILES string of the molecule is COc1ccc([N+](=O)[O-])c(C(=O)N[C@@]23CCC[C@@H]2N(C(=O)c2cccc(Cc4ccc(F)cc4)c2)CC3)n1. The second-order valence-electron chi connectivity index (χ2n) is 9.75. The number of benzene rings is 2. The van der Waals surface area contributed by atoms with Gasteiger partial charge in [0.25, 0.3) is 11.8 Å². The predicted octanol–water partition coefficient (Wildman–Crippen LogP) is 4.30. The van der Waals surface area contributed by atoms with E-state index in [-0.39, 0.29) is 29.3 Å². The summed E-state index contributed by atoms with van der Waals surface area (Å²) in [7, 11) is 1.37. The molecule has 1 N–H and O–H groups in total. The number of pyridine rings is 1. The molecule has 1 aliphatic heterocycles. The van der Waals surface area contributed by atoms with Crippen molar-refractivity contribution in [3.05, 3.63) is 99.0 Å². The van der Waals surface area contributed by atoms with E-state index in [4.69, 9.17) is 4.74 Å². The summed E-state index contributed by atoms with van der Waals surface area (Å²) in [5.74, 6) is -0.974. The number of amides is 2. The van der Waals surface area contributed by atoms with Crippen molar-refractivity contribution in [3.8, 4) is 5.88 Å². The fourth-order valence-corrected chi connectivity index (χ4v) is 5.69. The molecule has 2 aromatic carbocycles. The van der Waals surface area contributed by atoms with E-state index >= 15 is 0 Å². The van der Waals surface area contributed by atoms with Crippen molar-refractivity contribution in [1.29, 1.82) is 0 Å². The number of carbonyl (C=O) groups excluding carboxylic acids is 2. The van der Waals surface area contributed by atoms with Crippen molar-refractivity contribution in [2.24, 2.45) is 0 Å². The van der Waals surface area contributed by atoms with Crippen molar-refractivity contribution in [3.63, 3.8) is 0 Å². The van der Waals surface area contributed by atoms with Crippen molar-refractivity contribution < 1.29 is 23.6 Å². The van der Waals surface area contributed by atoms with Gasteiger partial charge in [-0.2, -0.15) is 0 Å². The molecule has 0 spiro atoms. The third-order valence-electron chi connectivity index (χ3n) is 7.50. The minimum Gasteiger partial charge on any atom is -0.481 e. The number of fused-ring (bicyclic) bond motifs is 1. The lowest BCUT2D eigenvalue weighted by atomic mass is 9.92. The maximum absolute atomic E-state index is 13.6. The Balaban J connectivity index is 1.35. The highest BCUT2D eigenvalue weighted by Crippen LogP contribution is 2.42. The van der Waals surface area contributed by atoms with Crippen LogP contribution in [0.25, 0.3) is 0 Å². The van der Waals surface area contributed by atoms with Gasteiger partial charge in [-0.15, -0.1) is 0 Å². The molecule has 3 aromatic rings. The number of carbonyl (C=O) groups is 2. The highest BCUT2D eigenvalue weighted by Gasteiger charge is 2.53. The summed E-state index contributed by atoms with van der Waals surface area (Å²) in [6, 6.07) is 16.0. The molecular formula is C28H27FN4O5. The molecule has 2 atom stereocenters. The predicted molar refractivity (Wildman–Crippen MR) is 137 cm³/mol.